The van der Waals surface area contributed by atoms with Crippen LogP contribution >= 0.6 is 11.3 Å². The third-order valence-corrected chi connectivity index (χ3v) is 5.29. The van der Waals surface area contributed by atoms with Crippen molar-refractivity contribution in [3.8, 4) is 0 Å². The smallest absolute Gasteiger partial charge is 0.251 e. The van der Waals surface area contributed by atoms with Crippen LogP contribution in [0.5, 0.6) is 0 Å². The van der Waals surface area contributed by atoms with E-state index in [0.717, 1.165) is 30.1 Å². The summed E-state index contributed by atoms with van der Waals surface area (Å²) in [5.41, 5.74) is 4.56. The molecule has 0 bridgehead atoms. The lowest BCUT2D eigenvalue weighted by molar-refractivity contribution is 0.0951. The second kappa shape index (κ2) is 7.17. The highest BCUT2D eigenvalue weighted by atomic mass is 32.1. The number of fused-ring (bicyclic) bond motifs is 1. The van der Waals surface area contributed by atoms with Crippen LogP contribution in [0.2, 0.25) is 0 Å². The molecule has 0 fully saturated rings. The fourth-order valence-electron chi connectivity index (χ4n) is 3.15. The number of hydrogen-bond acceptors (Lipinski definition) is 4. The van der Waals surface area contributed by atoms with Gasteiger partial charge in [0.1, 0.15) is 0 Å². The number of aromatic nitrogens is 1. The van der Waals surface area contributed by atoms with E-state index in [0.29, 0.717) is 6.54 Å². The first-order valence-corrected chi connectivity index (χ1v) is 9.19. The van der Waals surface area contributed by atoms with Crippen molar-refractivity contribution in [2.75, 3.05) is 0 Å². The van der Waals surface area contributed by atoms with E-state index in [9.17, 15) is 4.79 Å². The molecule has 0 radical (unpaired) electrons. The Kier molecular flexibility index (Phi) is 4.59. The molecule has 2 aromatic heterocycles. The van der Waals surface area contributed by atoms with Gasteiger partial charge >= 0.3 is 0 Å². The van der Waals surface area contributed by atoms with Crippen LogP contribution < -0.4 is 5.32 Å². The Bertz CT molecular complexity index is 862. The molecule has 0 atom stereocenters. The minimum Gasteiger partial charge on any atom is -0.347 e. The molecule has 4 rings (SSSR count). The lowest BCUT2D eigenvalue weighted by atomic mass is 10.1. The number of carbonyl (C=O) groups excluding carboxylic acids is 1. The predicted octanol–water partition coefficient (Wildman–Crippen LogP) is 3.59. The lowest BCUT2D eigenvalue weighted by Crippen LogP contribution is -2.22. The van der Waals surface area contributed by atoms with Crippen LogP contribution in [0.4, 0.5) is 0 Å². The predicted molar refractivity (Wildman–Crippen MR) is 99.1 cm³/mol. The molecular formula is C20H19N3OS. The number of nitrogens with one attached hydrogen (secondary N) is 1. The van der Waals surface area contributed by atoms with Gasteiger partial charge in [-0.1, -0.05) is 12.1 Å². The maximum Gasteiger partial charge on any atom is 0.251 e. The zero-order valence-corrected chi connectivity index (χ0v) is 14.6. The molecule has 0 saturated heterocycles. The van der Waals surface area contributed by atoms with Gasteiger partial charge in [0.15, 0.2) is 0 Å². The Hall–Kier alpha value is -2.50. The summed E-state index contributed by atoms with van der Waals surface area (Å²) in [6.45, 7) is 3.29. The van der Waals surface area contributed by atoms with Crippen LogP contribution in [-0.2, 0) is 26.2 Å². The third-order valence-electron chi connectivity index (χ3n) is 4.42. The highest BCUT2D eigenvalue weighted by Gasteiger charge is 2.20. The lowest BCUT2D eigenvalue weighted by Gasteiger charge is -2.14. The van der Waals surface area contributed by atoms with Crippen LogP contribution in [0, 0.1) is 0 Å². The standard InChI is InChI=1S/C20H19N3OS/c24-20(22-11-19-2-1-9-25-19)16-3-4-17-13-23(14-18(17)10-16)12-15-5-7-21-8-6-15/h1-10H,11-14H2,(H,22,24). The van der Waals surface area contributed by atoms with Crippen molar-refractivity contribution in [1.82, 2.24) is 15.2 Å². The molecule has 0 aliphatic carbocycles. The van der Waals surface area contributed by atoms with Gasteiger partial charge < -0.3 is 5.32 Å². The highest BCUT2D eigenvalue weighted by Crippen LogP contribution is 2.25. The number of benzene rings is 1. The van der Waals surface area contributed by atoms with Crippen molar-refractivity contribution in [3.05, 3.63) is 87.4 Å². The van der Waals surface area contributed by atoms with Gasteiger partial charge in [0, 0.05) is 42.5 Å². The molecule has 4 nitrogen and oxygen atoms in total. The van der Waals surface area contributed by atoms with Crippen molar-refractivity contribution in [2.45, 2.75) is 26.2 Å². The average molecular weight is 349 g/mol. The fourth-order valence-corrected chi connectivity index (χ4v) is 3.79. The Morgan fingerprint density at radius 3 is 2.76 bits per heavy atom. The van der Waals surface area contributed by atoms with E-state index >= 15 is 0 Å². The number of thiophene rings is 1. The molecule has 1 aliphatic heterocycles. The summed E-state index contributed by atoms with van der Waals surface area (Å²) in [7, 11) is 0. The van der Waals surface area contributed by atoms with Crippen molar-refractivity contribution >= 4 is 17.2 Å². The molecule has 1 aromatic carbocycles. The molecular weight excluding hydrogens is 330 g/mol. The second-order valence-electron chi connectivity index (χ2n) is 6.25. The number of rotatable bonds is 5. The van der Waals surface area contributed by atoms with E-state index in [4.69, 9.17) is 0 Å². The Labute approximate surface area is 151 Å². The normalized spacial score (nSPS) is 13.6. The summed E-state index contributed by atoms with van der Waals surface area (Å²) < 4.78 is 0. The molecule has 3 aromatic rings. The first-order valence-electron chi connectivity index (χ1n) is 8.31. The number of amides is 1. The number of nitrogens with zero attached hydrogens (tertiary/aromatic N) is 2. The van der Waals surface area contributed by atoms with E-state index in [1.165, 1.54) is 16.7 Å². The van der Waals surface area contributed by atoms with Crippen molar-refractivity contribution < 1.29 is 4.79 Å². The van der Waals surface area contributed by atoms with Gasteiger partial charge in [0.2, 0.25) is 0 Å². The first kappa shape index (κ1) is 16.0. The average Bonchev–Trinajstić information content (AvgIpc) is 3.29. The van der Waals surface area contributed by atoms with Gasteiger partial charge in [0.05, 0.1) is 6.54 Å². The largest absolute Gasteiger partial charge is 0.347 e. The van der Waals surface area contributed by atoms with E-state index in [1.54, 1.807) is 11.3 Å². The van der Waals surface area contributed by atoms with E-state index in [1.807, 2.05) is 54.2 Å². The molecule has 0 spiro atoms. The number of carbonyl (C=O) groups is 1. The zero-order chi connectivity index (χ0) is 17.1. The molecule has 0 saturated carbocycles. The molecule has 1 aliphatic rings. The van der Waals surface area contributed by atoms with Crippen molar-refractivity contribution in [1.29, 1.82) is 0 Å². The first-order chi connectivity index (χ1) is 12.3. The van der Waals surface area contributed by atoms with Gasteiger partial charge in [-0.15, -0.1) is 11.3 Å². The molecule has 25 heavy (non-hydrogen) atoms. The number of pyridine rings is 1. The minimum atomic E-state index is -0.0104. The summed E-state index contributed by atoms with van der Waals surface area (Å²) in [4.78, 5) is 20.0. The van der Waals surface area contributed by atoms with Crippen LogP contribution in [-0.4, -0.2) is 15.8 Å². The number of hydrogen-bond donors (Lipinski definition) is 1. The Balaban J connectivity index is 1.40. The van der Waals surface area contributed by atoms with E-state index < -0.39 is 0 Å². The quantitative estimate of drug-likeness (QED) is 0.766. The summed E-state index contributed by atoms with van der Waals surface area (Å²) in [6.07, 6.45) is 3.66. The highest BCUT2D eigenvalue weighted by molar-refractivity contribution is 7.09. The van der Waals surface area contributed by atoms with Gasteiger partial charge in [-0.25, -0.2) is 0 Å². The maximum atomic E-state index is 12.4. The maximum absolute atomic E-state index is 12.4. The van der Waals surface area contributed by atoms with E-state index in [2.05, 4.69) is 21.3 Å². The van der Waals surface area contributed by atoms with Gasteiger partial charge in [-0.3, -0.25) is 14.7 Å². The van der Waals surface area contributed by atoms with Gasteiger partial charge in [-0.2, -0.15) is 0 Å². The zero-order valence-electron chi connectivity index (χ0n) is 13.8. The molecule has 1 amide bonds. The van der Waals surface area contributed by atoms with Crippen molar-refractivity contribution in [3.63, 3.8) is 0 Å². The van der Waals surface area contributed by atoms with Crippen LogP contribution in [0.15, 0.2) is 60.2 Å². The topological polar surface area (TPSA) is 45.2 Å². The van der Waals surface area contributed by atoms with Gasteiger partial charge in [0.25, 0.3) is 5.91 Å². The Morgan fingerprint density at radius 2 is 1.96 bits per heavy atom. The summed E-state index contributed by atoms with van der Waals surface area (Å²) in [5, 5.41) is 5.02. The Morgan fingerprint density at radius 1 is 1.12 bits per heavy atom. The molecule has 0 unspecified atom stereocenters. The van der Waals surface area contributed by atoms with E-state index in [-0.39, 0.29) is 5.91 Å². The molecule has 126 valence electrons. The summed E-state index contributed by atoms with van der Waals surface area (Å²) in [6, 6.07) is 14.2. The summed E-state index contributed by atoms with van der Waals surface area (Å²) in [5.74, 6) is -0.0104. The fraction of sp³-hybridized carbons (Fsp3) is 0.200. The van der Waals surface area contributed by atoms with Gasteiger partial charge in [-0.05, 0) is 52.4 Å². The molecule has 1 N–H and O–H groups in total. The van der Waals surface area contributed by atoms with Crippen molar-refractivity contribution in [2.24, 2.45) is 0 Å². The molecule has 5 heteroatoms. The molecule has 3 heterocycles. The van der Waals surface area contributed by atoms with Crippen LogP contribution in [0.25, 0.3) is 0 Å². The van der Waals surface area contributed by atoms with Crippen LogP contribution in [0.1, 0.15) is 31.9 Å². The second-order valence-corrected chi connectivity index (χ2v) is 7.28. The summed E-state index contributed by atoms with van der Waals surface area (Å²) >= 11 is 1.66. The monoisotopic (exact) mass is 349 g/mol. The SMILES string of the molecule is O=C(NCc1cccs1)c1ccc2c(c1)CN(Cc1ccncc1)C2. The minimum absolute atomic E-state index is 0.0104. The third kappa shape index (κ3) is 3.78. The van der Waals surface area contributed by atoms with Crippen LogP contribution in [0.3, 0.4) is 0 Å².